The van der Waals surface area contributed by atoms with Gasteiger partial charge in [0.1, 0.15) is 11.9 Å². The number of carboxylic acids is 1. The van der Waals surface area contributed by atoms with Crippen molar-refractivity contribution in [1.29, 1.82) is 0 Å². The number of rotatable bonds is 4. The van der Waals surface area contributed by atoms with E-state index >= 15 is 0 Å². The van der Waals surface area contributed by atoms with Crippen LogP contribution in [0, 0.1) is 5.82 Å². The third-order valence-electron chi connectivity index (χ3n) is 2.00. The van der Waals surface area contributed by atoms with Crippen LogP contribution in [0.3, 0.4) is 0 Å². The highest BCUT2D eigenvalue weighted by atomic mass is 19.1. The van der Waals surface area contributed by atoms with Crippen molar-refractivity contribution < 1.29 is 14.3 Å². The second-order valence-corrected chi connectivity index (χ2v) is 3.07. The van der Waals surface area contributed by atoms with Gasteiger partial charge in [-0.2, -0.15) is 0 Å². The molecule has 3 N–H and O–H groups in total. The van der Waals surface area contributed by atoms with Gasteiger partial charge in [-0.15, -0.1) is 0 Å². The summed E-state index contributed by atoms with van der Waals surface area (Å²) in [4.78, 5) is 10.4. The summed E-state index contributed by atoms with van der Waals surface area (Å²) in [5.74, 6) is -1.37. The van der Waals surface area contributed by atoms with E-state index < -0.39 is 12.0 Å². The van der Waals surface area contributed by atoms with Crippen LogP contribution in [0.4, 0.5) is 4.39 Å². The number of halogens is 1. The Morgan fingerprint density at radius 1 is 1.50 bits per heavy atom. The Morgan fingerprint density at radius 2 is 2.14 bits per heavy atom. The summed E-state index contributed by atoms with van der Waals surface area (Å²) in [7, 11) is 0. The van der Waals surface area contributed by atoms with Gasteiger partial charge in [-0.25, -0.2) is 4.39 Å². The number of hydrogen-bond donors (Lipinski definition) is 2. The molecule has 0 heterocycles. The molecule has 0 aliphatic carbocycles. The van der Waals surface area contributed by atoms with E-state index in [4.69, 9.17) is 10.8 Å². The lowest BCUT2D eigenvalue weighted by Crippen LogP contribution is -2.30. The van der Waals surface area contributed by atoms with Crippen LogP contribution in [0.5, 0.6) is 0 Å². The molecule has 0 bridgehead atoms. The zero-order valence-electron chi connectivity index (χ0n) is 7.61. The van der Waals surface area contributed by atoms with E-state index in [0.29, 0.717) is 12.0 Å². The van der Waals surface area contributed by atoms with Crippen molar-refractivity contribution in [2.75, 3.05) is 0 Å². The predicted molar refractivity (Wildman–Crippen MR) is 50.3 cm³/mol. The summed E-state index contributed by atoms with van der Waals surface area (Å²) < 4.78 is 13.1. The average molecular weight is 197 g/mol. The summed E-state index contributed by atoms with van der Waals surface area (Å²) in [5, 5.41) is 8.51. The fraction of sp³-hybridized carbons (Fsp3) is 0.300. The van der Waals surface area contributed by atoms with Gasteiger partial charge in [0.05, 0.1) is 0 Å². The summed E-state index contributed by atoms with van der Waals surface area (Å²) in [6.45, 7) is 0. The molecular formula is C10H12FNO2. The van der Waals surface area contributed by atoms with E-state index in [0.717, 1.165) is 0 Å². The molecule has 0 spiro atoms. The van der Waals surface area contributed by atoms with Crippen LogP contribution < -0.4 is 5.73 Å². The van der Waals surface area contributed by atoms with Crippen LogP contribution in [0.25, 0.3) is 0 Å². The molecule has 0 aromatic heterocycles. The predicted octanol–water partition coefficient (Wildman–Crippen LogP) is 1.17. The molecular weight excluding hydrogens is 185 g/mol. The van der Waals surface area contributed by atoms with Crippen molar-refractivity contribution in [3.8, 4) is 0 Å². The van der Waals surface area contributed by atoms with Gasteiger partial charge >= 0.3 is 5.97 Å². The topological polar surface area (TPSA) is 63.3 Å². The van der Waals surface area contributed by atoms with E-state index in [-0.39, 0.29) is 12.2 Å². The Hall–Kier alpha value is -1.42. The standard InChI is InChI=1S/C10H12FNO2/c11-8-4-2-1-3-7(8)5-6-9(12)10(13)14/h1-4,9H,5-6,12H2,(H,13,14). The second kappa shape index (κ2) is 4.72. The van der Waals surface area contributed by atoms with Crippen LogP contribution in [0.15, 0.2) is 24.3 Å². The lowest BCUT2D eigenvalue weighted by Gasteiger charge is -2.06. The largest absolute Gasteiger partial charge is 0.480 e. The molecule has 0 aliphatic heterocycles. The molecule has 1 aromatic carbocycles. The molecule has 1 aromatic rings. The smallest absolute Gasteiger partial charge is 0.320 e. The first-order chi connectivity index (χ1) is 6.61. The Morgan fingerprint density at radius 3 is 2.71 bits per heavy atom. The normalized spacial score (nSPS) is 12.4. The van der Waals surface area contributed by atoms with E-state index in [1.807, 2.05) is 0 Å². The quantitative estimate of drug-likeness (QED) is 0.761. The number of carboxylic acid groups (broad SMARTS) is 1. The zero-order valence-corrected chi connectivity index (χ0v) is 7.61. The van der Waals surface area contributed by atoms with E-state index in [1.54, 1.807) is 18.2 Å². The number of nitrogens with two attached hydrogens (primary N) is 1. The van der Waals surface area contributed by atoms with Crippen LogP contribution in [0.2, 0.25) is 0 Å². The maximum Gasteiger partial charge on any atom is 0.320 e. The van der Waals surface area contributed by atoms with Crippen molar-refractivity contribution in [1.82, 2.24) is 0 Å². The fourth-order valence-electron chi connectivity index (χ4n) is 1.14. The van der Waals surface area contributed by atoms with E-state index in [9.17, 15) is 9.18 Å². The zero-order chi connectivity index (χ0) is 10.6. The van der Waals surface area contributed by atoms with Gasteiger partial charge < -0.3 is 10.8 Å². The molecule has 1 atom stereocenters. The molecule has 0 saturated carbocycles. The second-order valence-electron chi connectivity index (χ2n) is 3.07. The summed E-state index contributed by atoms with van der Waals surface area (Å²) in [6, 6.07) is 5.36. The highest BCUT2D eigenvalue weighted by Gasteiger charge is 2.11. The lowest BCUT2D eigenvalue weighted by atomic mass is 10.1. The molecule has 4 heteroatoms. The summed E-state index contributed by atoms with van der Waals surface area (Å²) >= 11 is 0. The summed E-state index contributed by atoms with van der Waals surface area (Å²) in [6.07, 6.45) is 0.594. The average Bonchev–Trinajstić information content (AvgIpc) is 2.16. The van der Waals surface area contributed by atoms with Crippen LogP contribution >= 0.6 is 0 Å². The Bertz CT molecular complexity index is 328. The molecule has 1 unspecified atom stereocenters. The monoisotopic (exact) mass is 197 g/mol. The molecule has 14 heavy (non-hydrogen) atoms. The maximum absolute atomic E-state index is 13.1. The highest BCUT2D eigenvalue weighted by Crippen LogP contribution is 2.09. The minimum atomic E-state index is -1.05. The first kappa shape index (κ1) is 10.7. The Balaban J connectivity index is 2.54. The van der Waals surface area contributed by atoms with Crippen LogP contribution in [-0.4, -0.2) is 17.1 Å². The van der Waals surface area contributed by atoms with Gasteiger partial charge in [0.15, 0.2) is 0 Å². The number of benzene rings is 1. The van der Waals surface area contributed by atoms with Crippen molar-refractivity contribution >= 4 is 5.97 Å². The van der Waals surface area contributed by atoms with Crippen LogP contribution in [-0.2, 0) is 11.2 Å². The highest BCUT2D eigenvalue weighted by molar-refractivity contribution is 5.73. The van der Waals surface area contributed by atoms with Gasteiger partial charge in [0.2, 0.25) is 0 Å². The van der Waals surface area contributed by atoms with Gasteiger partial charge in [-0.3, -0.25) is 4.79 Å². The number of carbonyl (C=O) groups is 1. The molecule has 0 aliphatic rings. The van der Waals surface area contributed by atoms with E-state index in [1.165, 1.54) is 6.07 Å². The number of aryl methyl sites for hydroxylation is 1. The lowest BCUT2D eigenvalue weighted by molar-refractivity contribution is -0.138. The number of aliphatic carboxylic acids is 1. The molecule has 0 amide bonds. The van der Waals surface area contributed by atoms with E-state index in [2.05, 4.69) is 0 Å². The number of hydrogen-bond acceptors (Lipinski definition) is 2. The first-order valence-corrected chi connectivity index (χ1v) is 4.33. The molecule has 0 fully saturated rings. The Kier molecular flexibility index (Phi) is 3.59. The minimum Gasteiger partial charge on any atom is -0.480 e. The fourth-order valence-corrected chi connectivity index (χ4v) is 1.14. The Labute approximate surface area is 81.4 Å². The molecule has 3 nitrogen and oxygen atoms in total. The third kappa shape index (κ3) is 2.81. The third-order valence-corrected chi connectivity index (χ3v) is 2.00. The van der Waals surface area contributed by atoms with Crippen molar-refractivity contribution in [2.45, 2.75) is 18.9 Å². The van der Waals surface area contributed by atoms with Crippen molar-refractivity contribution in [3.63, 3.8) is 0 Å². The van der Waals surface area contributed by atoms with Crippen molar-refractivity contribution in [2.24, 2.45) is 5.73 Å². The maximum atomic E-state index is 13.1. The molecule has 0 radical (unpaired) electrons. The SMILES string of the molecule is NC(CCc1ccccc1F)C(=O)O. The summed E-state index contributed by atoms with van der Waals surface area (Å²) in [5.41, 5.74) is 5.80. The van der Waals surface area contributed by atoms with Gasteiger partial charge in [-0.1, -0.05) is 18.2 Å². The van der Waals surface area contributed by atoms with Crippen molar-refractivity contribution in [3.05, 3.63) is 35.6 Å². The molecule has 0 saturated heterocycles. The molecule has 1 rings (SSSR count). The minimum absolute atomic E-state index is 0.246. The van der Waals surface area contributed by atoms with Gasteiger partial charge in [0.25, 0.3) is 0 Å². The van der Waals surface area contributed by atoms with Gasteiger partial charge in [0, 0.05) is 0 Å². The molecule has 76 valence electrons. The van der Waals surface area contributed by atoms with Gasteiger partial charge in [-0.05, 0) is 24.5 Å². The van der Waals surface area contributed by atoms with Crippen LogP contribution in [0.1, 0.15) is 12.0 Å². The first-order valence-electron chi connectivity index (χ1n) is 4.33.